The molecule has 0 saturated heterocycles. The lowest BCUT2D eigenvalue weighted by Crippen LogP contribution is -2.49. The molecule has 0 fully saturated rings. The zero-order valence-corrected chi connectivity index (χ0v) is 18.4. The molecular weight excluding hydrogens is 432 g/mol. The van der Waals surface area contributed by atoms with Gasteiger partial charge in [-0.15, -0.1) is 0 Å². The maximum Gasteiger partial charge on any atom is 0.249 e. The minimum Gasteiger partial charge on any atom is -0.457 e. The average molecular weight is 459 g/mol. The van der Waals surface area contributed by atoms with Crippen molar-refractivity contribution in [3.8, 4) is 11.5 Å². The second-order valence-corrected chi connectivity index (χ2v) is 7.35. The first kappa shape index (κ1) is 24.3. The molecule has 0 aromatic heterocycles. The van der Waals surface area contributed by atoms with Gasteiger partial charge >= 0.3 is 0 Å². The number of para-hydroxylation sites is 1. The summed E-state index contributed by atoms with van der Waals surface area (Å²) < 4.78 is 11.4. The van der Waals surface area contributed by atoms with Crippen LogP contribution in [0.1, 0.15) is 5.56 Å². The van der Waals surface area contributed by atoms with E-state index in [2.05, 4.69) is 10.6 Å². The second kappa shape index (κ2) is 12.7. The molecule has 0 spiro atoms. The van der Waals surface area contributed by atoms with Gasteiger partial charge in [0.05, 0.1) is 13.2 Å². The van der Waals surface area contributed by atoms with Crippen molar-refractivity contribution in [1.82, 2.24) is 5.32 Å². The lowest BCUT2D eigenvalue weighted by molar-refractivity contribution is -0.128. The first-order chi connectivity index (χ1) is 16.6. The van der Waals surface area contributed by atoms with E-state index in [1.54, 1.807) is 24.3 Å². The lowest BCUT2D eigenvalue weighted by atomic mass is 10.1. The smallest absolute Gasteiger partial charge is 0.249 e. The second-order valence-electron chi connectivity index (χ2n) is 7.35. The van der Waals surface area contributed by atoms with Crippen molar-refractivity contribution in [2.24, 2.45) is 5.92 Å². The van der Waals surface area contributed by atoms with E-state index in [1.165, 1.54) is 0 Å². The molecule has 0 aliphatic heterocycles. The molecule has 0 radical (unpaired) electrons. The highest BCUT2D eigenvalue weighted by molar-refractivity contribution is 6.08. The molecule has 2 amide bonds. The largest absolute Gasteiger partial charge is 0.457 e. The van der Waals surface area contributed by atoms with Gasteiger partial charge in [0.1, 0.15) is 23.5 Å². The van der Waals surface area contributed by atoms with E-state index in [0.29, 0.717) is 17.2 Å². The summed E-state index contributed by atoms with van der Waals surface area (Å²) in [6, 6.07) is 24.6. The fourth-order valence-corrected chi connectivity index (χ4v) is 2.98. The van der Waals surface area contributed by atoms with Gasteiger partial charge in [0.15, 0.2) is 0 Å². The summed E-state index contributed by atoms with van der Waals surface area (Å²) >= 11 is 0. The fraction of sp³-hybridized carbons (Fsp3) is 0.154. The minimum absolute atomic E-state index is 0.0790. The number of carbonyl (C=O) groups excluding carboxylic acids is 2. The number of anilines is 1. The number of carbonyl (C=O) groups is 2. The number of rotatable bonds is 12. The van der Waals surface area contributed by atoms with Crippen molar-refractivity contribution in [2.45, 2.75) is 12.6 Å². The van der Waals surface area contributed by atoms with Gasteiger partial charge in [0, 0.05) is 18.1 Å². The molecule has 0 bridgehead atoms. The third kappa shape index (κ3) is 7.39. The first-order valence-corrected chi connectivity index (χ1v) is 10.7. The Hall–Kier alpha value is -4.30. The summed E-state index contributed by atoms with van der Waals surface area (Å²) in [7, 11) is 0. The summed E-state index contributed by atoms with van der Waals surface area (Å²) in [6.45, 7) is 0.189. The van der Waals surface area contributed by atoms with Crippen LogP contribution in [0.3, 0.4) is 0 Å². The summed E-state index contributed by atoms with van der Waals surface area (Å²) in [5.41, 5.74) is 1.45. The maximum atomic E-state index is 12.9. The Bertz CT molecular complexity index is 1080. The van der Waals surface area contributed by atoms with Gasteiger partial charge in [0.25, 0.3) is 0 Å². The number of benzene rings is 3. The van der Waals surface area contributed by atoms with Crippen LogP contribution >= 0.6 is 0 Å². The number of amides is 2. The average Bonchev–Trinajstić information content (AvgIpc) is 2.86. The number of ether oxygens (including phenoxy) is 2. The molecule has 3 aromatic rings. The van der Waals surface area contributed by atoms with E-state index in [0.717, 1.165) is 18.0 Å². The van der Waals surface area contributed by atoms with Crippen LogP contribution in [0.25, 0.3) is 0 Å². The molecule has 1 unspecified atom stereocenters. The van der Waals surface area contributed by atoms with Crippen LogP contribution in [0.4, 0.5) is 5.69 Å². The summed E-state index contributed by atoms with van der Waals surface area (Å²) in [5.74, 6) is -0.851. The Morgan fingerprint density at radius 2 is 1.38 bits per heavy atom. The molecule has 3 rings (SSSR count). The third-order valence-electron chi connectivity index (χ3n) is 4.79. The number of hydrogen-bond acceptors (Lipinski definition) is 6. The molecule has 174 valence electrons. The van der Waals surface area contributed by atoms with Crippen LogP contribution in [0.2, 0.25) is 0 Å². The molecule has 3 aromatic carbocycles. The highest BCUT2D eigenvalue weighted by Gasteiger charge is 2.24. The van der Waals surface area contributed by atoms with E-state index in [9.17, 15) is 9.59 Å². The van der Waals surface area contributed by atoms with Crippen molar-refractivity contribution >= 4 is 29.9 Å². The van der Waals surface area contributed by atoms with Crippen LogP contribution in [0, 0.1) is 16.7 Å². The molecule has 8 heteroatoms. The Kier molecular flexibility index (Phi) is 9.07. The normalized spacial score (nSPS) is 12.1. The third-order valence-corrected chi connectivity index (χ3v) is 4.79. The van der Waals surface area contributed by atoms with Crippen LogP contribution in [-0.4, -0.2) is 36.9 Å². The van der Waals surface area contributed by atoms with Crippen molar-refractivity contribution in [3.63, 3.8) is 0 Å². The fourth-order valence-electron chi connectivity index (χ4n) is 2.98. The Morgan fingerprint density at radius 1 is 0.794 bits per heavy atom. The SMILES string of the molecule is N=CC(C=N)C(=O)NC(COCc1ccccc1)C(=O)Nc1ccc(Oc2ccccc2)cc1. The van der Waals surface area contributed by atoms with E-state index < -0.39 is 23.8 Å². The lowest BCUT2D eigenvalue weighted by Gasteiger charge is -2.20. The van der Waals surface area contributed by atoms with Crippen molar-refractivity contribution < 1.29 is 19.1 Å². The highest BCUT2D eigenvalue weighted by atomic mass is 16.5. The minimum atomic E-state index is -1.06. The van der Waals surface area contributed by atoms with Gasteiger partial charge < -0.3 is 30.9 Å². The number of nitrogens with one attached hydrogen (secondary N) is 4. The molecule has 8 nitrogen and oxygen atoms in total. The Balaban J connectivity index is 1.63. The highest BCUT2D eigenvalue weighted by Crippen LogP contribution is 2.22. The molecular formula is C26H26N4O4. The van der Waals surface area contributed by atoms with Gasteiger partial charge in [-0.05, 0) is 42.0 Å². The predicted molar refractivity (Wildman–Crippen MR) is 131 cm³/mol. The van der Waals surface area contributed by atoms with Gasteiger partial charge in [-0.2, -0.15) is 0 Å². The van der Waals surface area contributed by atoms with Crippen LogP contribution in [0.5, 0.6) is 11.5 Å². The summed E-state index contributed by atoms with van der Waals surface area (Å²) in [4.78, 5) is 25.3. The summed E-state index contributed by atoms with van der Waals surface area (Å²) in [6.07, 6.45) is 1.68. The number of hydrogen-bond donors (Lipinski definition) is 4. The predicted octanol–water partition coefficient (Wildman–Crippen LogP) is 4.03. The van der Waals surface area contributed by atoms with Crippen molar-refractivity contribution in [1.29, 1.82) is 10.8 Å². The van der Waals surface area contributed by atoms with E-state index in [4.69, 9.17) is 20.3 Å². The molecule has 0 heterocycles. The van der Waals surface area contributed by atoms with Gasteiger partial charge in [0.2, 0.25) is 11.8 Å². The molecule has 0 saturated carbocycles. The van der Waals surface area contributed by atoms with Crippen LogP contribution in [-0.2, 0) is 20.9 Å². The van der Waals surface area contributed by atoms with Crippen molar-refractivity contribution in [2.75, 3.05) is 11.9 Å². The van der Waals surface area contributed by atoms with E-state index in [1.807, 2.05) is 60.7 Å². The van der Waals surface area contributed by atoms with Crippen LogP contribution in [0.15, 0.2) is 84.9 Å². The van der Waals surface area contributed by atoms with Crippen molar-refractivity contribution in [3.05, 3.63) is 90.5 Å². The van der Waals surface area contributed by atoms with Crippen LogP contribution < -0.4 is 15.4 Å². The molecule has 4 N–H and O–H groups in total. The van der Waals surface area contributed by atoms with Gasteiger partial charge in [-0.25, -0.2) is 0 Å². The Morgan fingerprint density at radius 3 is 2.00 bits per heavy atom. The topological polar surface area (TPSA) is 124 Å². The quantitative estimate of drug-likeness (QED) is 0.306. The molecule has 34 heavy (non-hydrogen) atoms. The zero-order valence-electron chi connectivity index (χ0n) is 18.4. The van der Waals surface area contributed by atoms with Gasteiger partial charge in [-0.3, -0.25) is 9.59 Å². The Labute approximate surface area is 197 Å². The standard InChI is InChI=1S/C26H26N4O4/c27-15-20(16-28)25(31)30-24(18-33-17-19-7-3-1-4-8-19)26(32)29-21-11-13-23(14-12-21)34-22-9-5-2-6-10-22/h1-16,20,24,27-28H,17-18H2,(H,29,32)(H,30,31). The molecule has 0 aliphatic rings. The maximum absolute atomic E-state index is 12.9. The monoisotopic (exact) mass is 458 g/mol. The zero-order chi connectivity index (χ0) is 24.2. The first-order valence-electron chi connectivity index (χ1n) is 10.7. The van der Waals surface area contributed by atoms with E-state index in [-0.39, 0.29) is 13.2 Å². The van der Waals surface area contributed by atoms with E-state index >= 15 is 0 Å². The summed E-state index contributed by atoms with van der Waals surface area (Å²) in [5, 5.41) is 19.9. The molecule has 0 aliphatic carbocycles. The molecule has 1 atom stereocenters. The van der Waals surface area contributed by atoms with Gasteiger partial charge in [-0.1, -0.05) is 48.5 Å².